The molecule has 4 rings (SSSR count). The Morgan fingerprint density at radius 3 is 2.26 bits per heavy atom. The van der Waals surface area contributed by atoms with Crippen LogP contribution >= 0.6 is 34.5 Å². The molecule has 2 aromatic carbocycles. The highest BCUT2D eigenvalue weighted by molar-refractivity contribution is 7.17. The van der Waals surface area contributed by atoms with E-state index >= 15 is 0 Å². The van der Waals surface area contributed by atoms with Gasteiger partial charge in [-0.05, 0) is 84.7 Å². The summed E-state index contributed by atoms with van der Waals surface area (Å²) in [5, 5.41) is 7.62. The van der Waals surface area contributed by atoms with Crippen molar-refractivity contribution in [3.63, 3.8) is 0 Å². The number of benzene rings is 2. The van der Waals surface area contributed by atoms with Crippen molar-refractivity contribution in [1.29, 1.82) is 0 Å². The second kappa shape index (κ2) is 10.6. The van der Waals surface area contributed by atoms with Gasteiger partial charge in [-0.1, -0.05) is 44.0 Å². The minimum absolute atomic E-state index is 0.170. The first-order valence-electron chi connectivity index (χ1n) is 11.5. The number of amides is 2. The zero-order chi connectivity index (χ0) is 25.2. The minimum Gasteiger partial charge on any atom is -0.484 e. The summed E-state index contributed by atoms with van der Waals surface area (Å²) in [7, 11) is 0. The molecule has 2 amide bonds. The Kier molecular flexibility index (Phi) is 7.74. The van der Waals surface area contributed by atoms with Crippen LogP contribution in [0.5, 0.6) is 5.75 Å². The van der Waals surface area contributed by atoms with Gasteiger partial charge < -0.3 is 15.4 Å². The van der Waals surface area contributed by atoms with Crippen LogP contribution < -0.4 is 15.4 Å². The Bertz CT molecular complexity index is 1210. The first kappa shape index (κ1) is 25.5. The van der Waals surface area contributed by atoms with Crippen molar-refractivity contribution in [2.75, 3.05) is 17.2 Å². The second-order valence-electron chi connectivity index (χ2n) is 9.77. The number of hydrogen-bond donors (Lipinski definition) is 2. The first-order valence-corrected chi connectivity index (χ1v) is 13.1. The Labute approximate surface area is 219 Å². The van der Waals surface area contributed by atoms with Crippen molar-refractivity contribution in [3.05, 3.63) is 74.6 Å². The van der Waals surface area contributed by atoms with Gasteiger partial charge in [-0.25, -0.2) is 0 Å². The molecule has 0 aliphatic heterocycles. The summed E-state index contributed by atoms with van der Waals surface area (Å²) in [6, 6.07) is 13.8. The van der Waals surface area contributed by atoms with E-state index in [9.17, 15) is 9.59 Å². The van der Waals surface area contributed by atoms with Gasteiger partial charge in [-0.3, -0.25) is 9.59 Å². The lowest BCUT2D eigenvalue weighted by Gasteiger charge is -2.33. The maximum atomic E-state index is 13.4. The van der Waals surface area contributed by atoms with Crippen LogP contribution in [-0.4, -0.2) is 18.4 Å². The van der Waals surface area contributed by atoms with Gasteiger partial charge in [0.15, 0.2) is 6.61 Å². The lowest BCUT2D eigenvalue weighted by molar-refractivity contribution is -0.118. The van der Waals surface area contributed by atoms with Crippen molar-refractivity contribution < 1.29 is 14.3 Å². The third kappa shape index (κ3) is 6.37. The molecule has 1 atom stereocenters. The van der Waals surface area contributed by atoms with Gasteiger partial charge in [0.2, 0.25) is 0 Å². The van der Waals surface area contributed by atoms with Gasteiger partial charge in [0, 0.05) is 20.6 Å². The summed E-state index contributed by atoms with van der Waals surface area (Å²) in [4.78, 5) is 27.3. The van der Waals surface area contributed by atoms with Crippen LogP contribution in [0.25, 0.3) is 0 Å². The predicted octanol–water partition coefficient (Wildman–Crippen LogP) is 7.48. The van der Waals surface area contributed by atoms with E-state index in [1.54, 1.807) is 48.5 Å². The summed E-state index contributed by atoms with van der Waals surface area (Å²) in [6.07, 6.45) is 2.69. The third-order valence-electron chi connectivity index (χ3n) is 6.26. The molecule has 5 nitrogen and oxygen atoms in total. The van der Waals surface area contributed by atoms with E-state index < -0.39 is 0 Å². The largest absolute Gasteiger partial charge is 0.484 e. The van der Waals surface area contributed by atoms with E-state index in [1.165, 1.54) is 11.3 Å². The fourth-order valence-corrected chi connectivity index (χ4v) is 5.82. The van der Waals surface area contributed by atoms with Gasteiger partial charge in [0.1, 0.15) is 10.8 Å². The Hall–Kier alpha value is -2.54. The molecule has 0 fully saturated rings. The monoisotopic (exact) mass is 530 g/mol. The number of halogens is 2. The number of nitrogens with one attached hydrogen (secondary N) is 2. The van der Waals surface area contributed by atoms with Crippen molar-refractivity contribution in [3.8, 4) is 5.75 Å². The van der Waals surface area contributed by atoms with Gasteiger partial charge in [0.25, 0.3) is 11.8 Å². The number of fused-ring (bicyclic) bond motifs is 1. The van der Waals surface area contributed by atoms with Crippen molar-refractivity contribution in [2.45, 2.75) is 40.0 Å². The number of thiophene rings is 1. The first-order chi connectivity index (χ1) is 16.6. The van der Waals surface area contributed by atoms with E-state index in [1.807, 2.05) is 0 Å². The molecule has 0 saturated carbocycles. The molecule has 3 aromatic rings. The summed E-state index contributed by atoms with van der Waals surface area (Å²) in [6.45, 7) is 6.58. The molecule has 184 valence electrons. The lowest BCUT2D eigenvalue weighted by atomic mass is 9.72. The summed E-state index contributed by atoms with van der Waals surface area (Å²) in [5.74, 6) is 0.487. The number of anilines is 2. The van der Waals surface area contributed by atoms with Crippen LogP contribution in [0.4, 0.5) is 10.7 Å². The number of hydrogen-bond acceptors (Lipinski definition) is 4. The highest BCUT2D eigenvalue weighted by Gasteiger charge is 2.34. The highest BCUT2D eigenvalue weighted by Crippen LogP contribution is 2.44. The van der Waals surface area contributed by atoms with Crippen LogP contribution in [-0.2, 0) is 17.6 Å². The second-order valence-corrected chi connectivity index (χ2v) is 11.7. The molecule has 0 unspecified atom stereocenters. The van der Waals surface area contributed by atoms with Crippen LogP contribution in [0.15, 0.2) is 48.5 Å². The minimum atomic E-state index is -0.327. The Morgan fingerprint density at radius 2 is 1.63 bits per heavy atom. The molecule has 0 spiro atoms. The molecular weight excluding hydrogens is 503 g/mol. The zero-order valence-electron chi connectivity index (χ0n) is 19.9. The molecule has 35 heavy (non-hydrogen) atoms. The summed E-state index contributed by atoms with van der Waals surface area (Å²) < 4.78 is 5.59. The van der Waals surface area contributed by atoms with Crippen LogP contribution in [0.1, 0.15) is 48.0 Å². The molecule has 1 aromatic heterocycles. The molecule has 0 bridgehead atoms. The van der Waals surface area contributed by atoms with Gasteiger partial charge in [-0.15, -0.1) is 11.3 Å². The highest BCUT2D eigenvalue weighted by atomic mass is 35.5. The average molecular weight is 532 g/mol. The van der Waals surface area contributed by atoms with E-state index in [2.05, 4.69) is 31.4 Å². The maximum absolute atomic E-state index is 13.4. The quantitative estimate of drug-likeness (QED) is 0.347. The molecule has 8 heteroatoms. The Morgan fingerprint density at radius 1 is 1.00 bits per heavy atom. The topological polar surface area (TPSA) is 67.4 Å². The van der Waals surface area contributed by atoms with Gasteiger partial charge in [0.05, 0.1) is 5.56 Å². The summed E-state index contributed by atoms with van der Waals surface area (Å²) >= 11 is 13.4. The molecule has 1 aliphatic carbocycles. The summed E-state index contributed by atoms with van der Waals surface area (Å²) in [5.41, 5.74) is 2.37. The number of rotatable bonds is 6. The number of ether oxygens (including phenoxy) is 1. The number of carbonyl (C=O) groups is 2. The van der Waals surface area contributed by atoms with E-state index in [-0.39, 0.29) is 23.8 Å². The van der Waals surface area contributed by atoms with Crippen LogP contribution in [0.2, 0.25) is 10.0 Å². The molecular formula is C27H28Cl2N2O3S. The molecule has 0 radical (unpaired) electrons. The van der Waals surface area contributed by atoms with Crippen molar-refractivity contribution in [2.24, 2.45) is 11.3 Å². The van der Waals surface area contributed by atoms with Gasteiger partial charge in [-0.2, -0.15) is 0 Å². The standard InChI is InChI=1S/C27H28Cl2N2O3S/c1-27(2,3)16-4-13-21-22(14-16)35-26(24(21)25(33)30-19-9-5-17(28)6-10-19)31-23(32)15-34-20-11-7-18(29)8-12-20/h5-12,16H,4,13-15H2,1-3H3,(H,30,33)(H,31,32)/t16-/m0/s1. The Balaban J connectivity index is 1.56. The number of carbonyl (C=O) groups excluding carboxylic acids is 2. The fourth-order valence-electron chi connectivity index (χ4n) is 4.22. The maximum Gasteiger partial charge on any atom is 0.262 e. The van der Waals surface area contributed by atoms with Crippen LogP contribution in [0.3, 0.4) is 0 Å². The van der Waals surface area contributed by atoms with E-state index in [0.717, 1.165) is 29.7 Å². The average Bonchev–Trinajstić information content (AvgIpc) is 3.16. The SMILES string of the molecule is CC(C)(C)[C@H]1CCc2c(sc(NC(=O)COc3ccc(Cl)cc3)c2C(=O)Nc2ccc(Cl)cc2)C1. The molecule has 1 heterocycles. The van der Waals surface area contributed by atoms with Crippen molar-refractivity contribution >= 4 is 57.0 Å². The zero-order valence-corrected chi connectivity index (χ0v) is 22.2. The fraction of sp³-hybridized carbons (Fsp3) is 0.333. The molecule has 2 N–H and O–H groups in total. The van der Waals surface area contributed by atoms with E-state index in [0.29, 0.717) is 38.0 Å². The van der Waals surface area contributed by atoms with Gasteiger partial charge >= 0.3 is 0 Å². The van der Waals surface area contributed by atoms with Crippen molar-refractivity contribution in [1.82, 2.24) is 0 Å². The van der Waals surface area contributed by atoms with Crippen LogP contribution in [0, 0.1) is 11.3 Å². The normalized spacial score (nSPS) is 15.3. The van der Waals surface area contributed by atoms with E-state index in [4.69, 9.17) is 27.9 Å². The smallest absolute Gasteiger partial charge is 0.262 e. The predicted molar refractivity (Wildman–Crippen MR) is 144 cm³/mol. The molecule has 0 saturated heterocycles. The lowest BCUT2D eigenvalue weighted by Crippen LogP contribution is -2.27. The molecule has 1 aliphatic rings. The third-order valence-corrected chi connectivity index (χ3v) is 7.93.